The van der Waals surface area contributed by atoms with E-state index in [-0.39, 0.29) is 11.9 Å². The Morgan fingerprint density at radius 2 is 2.33 bits per heavy atom. The molecule has 0 saturated carbocycles. The van der Waals surface area contributed by atoms with E-state index in [4.69, 9.17) is 15.4 Å². The molecule has 0 aromatic carbocycles. The third kappa shape index (κ3) is 3.71. The van der Waals surface area contributed by atoms with Crippen molar-refractivity contribution in [1.29, 1.82) is 0 Å². The number of morpholine rings is 1. The van der Waals surface area contributed by atoms with Gasteiger partial charge in [0.2, 0.25) is 9.05 Å². The molecule has 0 N–H and O–H groups in total. The summed E-state index contributed by atoms with van der Waals surface area (Å²) in [5.41, 5.74) is 0. The molecule has 0 bridgehead atoms. The van der Waals surface area contributed by atoms with Crippen LogP contribution in [0.2, 0.25) is 0 Å². The summed E-state index contributed by atoms with van der Waals surface area (Å²) in [6.07, 6.45) is -0.272. The smallest absolute Gasteiger partial charge is 0.235 e. The lowest BCUT2D eigenvalue weighted by molar-refractivity contribution is -0.00661. The fourth-order valence-corrected chi connectivity index (χ4v) is 2.26. The van der Waals surface area contributed by atoms with Crippen LogP contribution in [0.25, 0.3) is 0 Å². The molecule has 1 saturated heterocycles. The minimum atomic E-state index is -3.43. The molecule has 0 aromatic heterocycles. The lowest BCUT2D eigenvalue weighted by Gasteiger charge is -2.29. The Bertz CT molecular complexity index is 241. The van der Waals surface area contributed by atoms with Gasteiger partial charge in [0.1, 0.15) is 0 Å². The van der Waals surface area contributed by atoms with Crippen LogP contribution >= 0.6 is 10.7 Å². The van der Waals surface area contributed by atoms with Crippen molar-refractivity contribution in [2.24, 2.45) is 0 Å². The highest BCUT2D eigenvalue weighted by molar-refractivity contribution is 8.13. The first-order chi connectivity index (χ1) is 5.47. The quantitative estimate of drug-likeness (QED) is 0.601. The second-order valence-electron chi connectivity index (χ2n) is 2.96. The molecule has 1 heterocycles. The maximum absolute atomic E-state index is 10.7. The van der Waals surface area contributed by atoms with Crippen LogP contribution in [-0.2, 0) is 13.8 Å². The summed E-state index contributed by atoms with van der Waals surface area (Å²) in [6, 6.07) is 0. The van der Waals surface area contributed by atoms with Crippen molar-refractivity contribution >= 4 is 19.7 Å². The van der Waals surface area contributed by atoms with Gasteiger partial charge >= 0.3 is 0 Å². The topological polar surface area (TPSA) is 46.6 Å². The summed E-state index contributed by atoms with van der Waals surface area (Å²) in [5.74, 6) is -0.0983. The molecule has 12 heavy (non-hydrogen) atoms. The normalized spacial score (nSPS) is 27.3. The first-order valence-electron chi connectivity index (χ1n) is 3.70. The van der Waals surface area contributed by atoms with Gasteiger partial charge in [0, 0.05) is 23.8 Å². The lowest BCUT2D eigenvalue weighted by Crippen LogP contribution is -2.42. The maximum atomic E-state index is 10.7. The minimum absolute atomic E-state index is 0.0983. The van der Waals surface area contributed by atoms with Crippen molar-refractivity contribution in [1.82, 2.24) is 4.90 Å². The van der Waals surface area contributed by atoms with Gasteiger partial charge in [-0.1, -0.05) is 0 Å². The molecular weight excluding hydrogens is 202 g/mol. The van der Waals surface area contributed by atoms with E-state index in [2.05, 4.69) is 0 Å². The van der Waals surface area contributed by atoms with Gasteiger partial charge in [-0.15, -0.1) is 0 Å². The maximum Gasteiger partial charge on any atom is 0.235 e. The average molecular weight is 214 g/mol. The highest BCUT2D eigenvalue weighted by Crippen LogP contribution is 2.08. The molecule has 1 aliphatic rings. The molecule has 1 fully saturated rings. The van der Waals surface area contributed by atoms with Crippen LogP contribution in [0.3, 0.4) is 0 Å². The Morgan fingerprint density at radius 1 is 1.67 bits per heavy atom. The number of ether oxygens (including phenoxy) is 1. The molecule has 0 radical (unpaired) electrons. The fraction of sp³-hybridized carbons (Fsp3) is 1.00. The van der Waals surface area contributed by atoms with E-state index in [0.29, 0.717) is 13.2 Å². The zero-order valence-electron chi connectivity index (χ0n) is 6.86. The van der Waals surface area contributed by atoms with Crippen molar-refractivity contribution < 1.29 is 13.2 Å². The van der Waals surface area contributed by atoms with Crippen LogP contribution in [-0.4, -0.2) is 51.9 Å². The number of likely N-dealkylation sites (N-methyl/N-ethyl adjacent to an activating group) is 1. The predicted octanol–water partition coefficient (Wildman–Crippen LogP) is -0.114. The molecule has 0 spiro atoms. The summed E-state index contributed by atoms with van der Waals surface area (Å²) in [7, 11) is 3.59. The number of halogens is 1. The summed E-state index contributed by atoms with van der Waals surface area (Å²) in [4.78, 5) is 2.02. The van der Waals surface area contributed by atoms with Gasteiger partial charge in [-0.3, -0.25) is 0 Å². The Balaban J connectivity index is 2.43. The lowest BCUT2D eigenvalue weighted by atomic mass is 10.3. The molecule has 0 amide bonds. The van der Waals surface area contributed by atoms with Crippen molar-refractivity contribution in [3.8, 4) is 0 Å². The van der Waals surface area contributed by atoms with Crippen LogP contribution < -0.4 is 0 Å². The summed E-state index contributed by atoms with van der Waals surface area (Å²) < 4.78 is 26.6. The van der Waals surface area contributed by atoms with Gasteiger partial charge < -0.3 is 9.64 Å². The van der Waals surface area contributed by atoms with E-state index in [1.165, 1.54) is 0 Å². The van der Waals surface area contributed by atoms with Crippen LogP contribution in [0.15, 0.2) is 0 Å². The van der Waals surface area contributed by atoms with E-state index in [1.54, 1.807) is 0 Å². The van der Waals surface area contributed by atoms with Crippen LogP contribution in [0, 0.1) is 0 Å². The van der Waals surface area contributed by atoms with Crippen LogP contribution in [0.5, 0.6) is 0 Å². The molecule has 0 aromatic rings. The molecule has 0 aliphatic carbocycles. The highest BCUT2D eigenvalue weighted by Gasteiger charge is 2.22. The summed E-state index contributed by atoms with van der Waals surface area (Å²) in [5, 5.41) is 0. The summed E-state index contributed by atoms with van der Waals surface area (Å²) >= 11 is 0. The molecule has 72 valence electrons. The Hall–Kier alpha value is 0.160. The van der Waals surface area contributed by atoms with Gasteiger partial charge in [-0.25, -0.2) is 8.42 Å². The largest absolute Gasteiger partial charge is 0.374 e. The molecule has 6 heteroatoms. The standard InChI is InChI=1S/C6H12ClNO3S/c1-8-2-3-11-6(4-8)5-12(7,9)10/h6H,2-5H2,1H3/t6-/m1/s1. The molecular formula is C6H12ClNO3S. The van der Waals surface area contributed by atoms with Crippen molar-refractivity contribution in [2.45, 2.75) is 6.10 Å². The van der Waals surface area contributed by atoms with E-state index in [1.807, 2.05) is 11.9 Å². The van der Waals surface area contributed by atoms with E-state index in [0.717, 1.165) is 6.54 Å². The monoisotopic (exact) mass is 213 g/mol. The Labute approximate surface area is 76.9 Å². The first kappa shape index (κ1) is 10.2. The van der Waals surface area contributed by atoms with Crippen molar-refractivity contribution in [3.63, 3.8) is 0 Å². The molecule has 1 aliphatic heterocycles. The van der Waals surface area contributed by atoms with Crippen molar-refractivity contribution in [2.75, 3.05) is 32.5 Å². The van der Waals surface area contributed by atoms with Crippen LogP contribution in [0.4, 0.5) is 0 Å². The average Bonchev–Trinajstić information content (AvgIpc) is 1.82. The van der Waals surface area contributed by atoms with Gasteiger partial charge in [-0.05, 0) is 7.05 Å². The fourth-order valence-electron chi connectivity index (χ4n) is 1.19. The second kappa shape index (κ2) is 3.91. The van der Waals surface area contributed by atoms with Gasteiger partial charge in [0.05, 0.1) is 18.5 Å². The molecule has 0 unspecified atom stereocenters. The number of nitrogens with zero attached hydrogens (tertiary/aromatic N) is 1. The third-order valence-corrected chi connectivity index (χ3v) is 2.87. The number of hydrogen-bond donors (Lipinski definition) is 0. The van der Waals surface area contributed by atoms with E-state index < -0.39 is 9.05 Å². The number of rotatable bonds is 2. The zero-order valence-corrected chi connectivity index (χ0v) is 8.44. The number of hydrogen-bond acceptors (Lipinski definition) is 4. The zero-order chi connectivity index (χ0) is 9.19. The molecule has 4 nitrogen and oxygen atoms in total. The molecule has 1 rings (SSSR count). The van der Waals surface area contributed by atoms with E-state index >= 15 is 0 Å². The van der Waals surface area contributed by atoms with Gasteiger partial charge in [-0.2, -0.15) is 0 Å². The van der Waals surface area contributed by atoms with Crippen LogP contribution in [0.1, 0.15) is 0 Å². The SMILES string of the molecule is CN1CCO[C@@H](CS(=O)(=O)Cl)C1. The molecule has 1 atom stereocenters. The summed E-state index contributed by atoms with van der Waals surface area (Å²) in [6.45, 7) is 2.05. The Kier molecular flexibility index (Phi) is 3.34. The Morgan fingerprint density at radius 3 is 2.83 bits per heavy atom. The minimum Gasteiger partial charge on any atom is -0.374 e. The van der Waals surface area contributed by atoms with Gasteiger partial charge in [0.15, 0.2) is 0 Å². The van der Waals surface area contributed by atoms with Crippen molar-refractivity contribution in [3.05, 3.63) is 0 Å². The predicted molar refractivity (Wildman–Crippen MR) is 46.9 cm³/mol. The second-order valence-corrected chi connectivity index (χ2v) is 5.78. The first-order valence-corrected chi connectivity index (χ1v) is 6.18. The van der Waals surface area contributed by atoms with Gasteiger partial charge in [0.25, 0.3) is 0 Å². The van der Waals surface area contributed by atoms with E-state index in [9.17, 15) is 8.42 Å². The third-order valence-electron chi connectivity index (χ3n) is 1.73. The highest BCUT2D eigenvalue weighted by atomic mass is 35.7.